The summed E-state index contributed by atoms with van der Waals surface area (Å²) in [6.45, 7) is 2.30. The lowest BCUT2D eigenvalue weighted by atomic mass is 9.87. The number of benzene rings is 1. The van der Waals surface area contributed by atoms with Gasteiger partial charge in [-0.1, -0.05) is 23.8 Å². The van der Waals surface area contributed by atoms with E-state index in [9.17, 15) is 0 Å². The molecule has 108 valence electrons. The van der Waals surface area contributed by atoms with E-state index in [0.29, 0.717) is 6.04 Å². The van der Waals surface area contributed by atoms with Gasteiger partial charge in [-0.25, -0.2) is 0 Å². The molecule has 20 heavy (non-hydrogen) atoms. The van der Waals surface area contributed by atoms with Gasteiger partial charge in [-0.05, 0) is 55.7 Å². The highest BCUT2D eigenvalue weighted by Crippen LogP contribution is 2.45. The van der Waals surface area contributed by atoms with Crippen LogP contribution in [-0.4, -0.2) is 20.1 Å². The van der Waals surface area contributed by atoms with Crippen molar-refractivity contribution in [2.75, 3.05) is 24.3 Å². The van der Waals surface area contributed by atoms with Crippen LogP contribution in [-0.2, 0) is 0 Å². The molecule has 0 heterocycles. The number of hydrogen-bond acceptors (Lipinski definition) is 2. The van der Waals surface area contributed by atoms with Crippen molar-refractivity contribution in [1.29, 1.82) is 0 Å². The van der Waals surface area contributed by atoms with Gasteiger partial charge in [0.1, 0.15) is 0 Å². The van der Waals surface area contributed by atoms with Crippen LogP contribution in [0.15, 0.2) is 30.4 Å². The maximum absolute atomic E-state index is 6.34. The van der Waals surface area contributed by atoms with Crippen LogP contribution in [0.2, 0.25) is 5.02 Å². The van der Waals surface area contributed by atoms with Gasteiger partial charge in [0.05, 0.1) is 10.7 Å². The van der Waals surface area contributed by atoms with Crippen molar-refractivity contribution >= 4 is 23.0 Å². The van der Waals surface area contributed by atoms with Gasteiger partial charge >= 0.3 is 0 Å². The predicted molar refractivity (Wildman–Crippen MR) is 87.7 cm³/mol. The van der Waals surface area contributed by atoms with Crippen LogP contribution < -0.4 is 10.2 Å². The van der Waals surface area contributed by atoms with Gasteiger partial charge in [0.2, 0.25) is 0 Å². The number of halogens is 1. The second kappa shape index (κ2) is 5.33. The third kappa shape index (κ3) is 2.54. The summed E-state index contributed by atoms with van der Waals surface area (Å²) in [7, 11) is 4.02. The highest BCUT2D eigenvalue weighted by molar-refractivity contribution is 6.33. The maximum Gasteiger partial charge on any atom is 0.0659 e. The highest BCUT2D eigenvalue weighted by atomic mass is 35.5. The zero-order valence-corrected chi connectivity index (χ0v) is 13.2. The monoisotopic (exact) mass is 290 g/mol. The highest BCUT2D eigenvalue weighted by Gasteiger charge is 2.38. The number of rotatable bonds is 4. The fourth-order valence-electron chi connectivity index (χ4n) is 3.73. The van der Waals surface area contributed by atoms with E-state index in [2.05, 4.69) is 36.5 Å². The smallest absolute Gasteiger partial charge is 0.0659 e. The minimum absolute atomic E-state index is 0.497. The molecular weight excluding hydrogens is 268 g/mol. The number of nitrogens with zero attached hydrogens (tertiary/aromatic N) is 1. The minimum atomic E-state index is 0.497. The largest absolute Gasteiger partial charge is 0.382 e. The summed E-state index contributed by atoms with van der Waals surface area (Å²) in [5.74, 6) is 2.37. The summed E-state index contributed by atoms with van der Waals surface area (Å²) in [5.41, 5.74) is 2.19. The van der Waals surface area contributed by atoms with E-state index < -0.39 is 0 Å². The predicted octanol–water partition coefficient (Wildman–Crippen LogP) is 4.42. The Kier molecular flexibility index (Phi) is 3.68. The Bertz CT molecular complexity index is 524. The second-order valence-electron chi connectivity index (χ2n) is 6.44. The Hall–Kier alpha value is -1.15. The van der Waals surface area contributed by atoms with Gasteiger partial charge in [0.15, 0.2) is 0 Å². The van der Waals surface area contributed by atoms with E-state index >= 15 is 0 Å². The molecule has 1 N–H and O–H groups in total. The molecule has 4 unspecified atom stereocenters. The minimum Gasteiger partial charge on any atom is -0.382 e. The van der Waals surface area contributed by atoms with E-state index in [-0.39, 0.29) is 0 Å². The van der Waals surface area contributed by atoms with Crippen molar-refractivity contribution in [2.24, 2.45) is 17.8 Å². The van der Waals surface area contributed by atoms with E-state index in [0.717, 1.165) is 34.2 Å². The van der Waals surface area contributed by atoms with Gasteiger partial charge in [0, 0.05) is 25.8 Å². The van der Waals surface area contributed by atoms with Crippen molar-refractivity contribution in [1.82, 2.24) is 0 Å². The summed E-state index contributed by atoms with van der Waals surface area (Å²) in [6.07, 6.45) is 7.51. The van der Waals surface area contributed by atoms with E-state index in [1.54, 1.807) is 0 Å². The molecule has 3 rings (SSSR count). The van der Waals surface area contributed by atoms with E-state index in [1.165, 1.54) is 12.8 Å². The molecule has 0 saturated heterocycles. The molecule has 1 aromatic carbocycles. The van der Waals surface area contributed by atoms with Gasteiger partial charge < -0.3 is 10.2 Å². The standard InChI is InChI=1S/C17H23ClN2/c1-11(15-9-12-4-5-13(15)8-12)19-14-6-7-17(20(2)3)16(18)10-14/h4-7,10-13,15,19H,8-9H2,1-3H3. The van der Waals surface area contributed by atoms with E-state index in [4.69, 9.17) is 11.6 Å². The second-order valence-corrected chi connectivity index (χ2v) is 6.84. The summed E-state index contributed by atoms with van der Waals surface area (Å²) >= 11 is 6.34. The Labute approximate surface area is 126 Å². The number of anilines is 2. The Morgan fingerprint density at radius 1 is 1.25 bits per heavy atom. The van der Waals surface area contributed by atoms with Crippen molar-refractivity contribution < 1.29 is 0 Å². The van der Waals surface area contributed by atoms with Crippen molar-refractivity contribution in [2.45, 2.75) is 25.8 Å². The fourth-order valence-corrected chi connectivity index (χ4v) is 4.08. The molecule has 2 aliphatic carbocycles. The molecule has 2 nitrogen and oxygen atoms in total. The first-order valence-corrected chi connectivity index (χ1v) is 7.84. The molecule has 0 spiro atoms. The number of nitrogens with one attached hydrogen (secondary N) is 1. The molecule has 4 atom stereocenters. The van der Waals surface area contributed by atoms with Gasteiger partial charge in [0.25, 0.3) is 0 Å². The van der Waals surface area contributed by atoms with Crippen LogP contribution in [0, 0.1) is 17.8 Å². The summed E-state index contributed by atoms with van der Waals surface area (Å²) in [5, 5.41) is 4.44. The zero-order valence-electron chi connectivity index (χ0n) is 12.4. The lowest BCUT2D eigenvalue weighted by molar-refractivity contribution is 0.400. The normalized spacial score (nSPS) is 28.7. The van der Waals surface area contributed by atoms with Crippen LogP contribution in [0.1, 0.15) is 19.8 Å². The molecule has 2 aliphatic rings. The molecule has 0 radical (unpaired) electrons. The number of allylic oxidation sites excluding steroid dienone is 2. The summed E-state index contributed by atoms with van der Waals surface area (Å²) < 4.78 is 0. The maximum atomic E-state index is 6.34. The number of fused-ring (bicyclic) bond motifs is 2. The first-order chi connectivity index (χ1) is 9.54. The fraction of sp³-hybridized carbons (Fsp3) is 0.529. The molecule has 0 amide bonds. The molecule has 1 saturated carbocycles. The Morgan fingerprint density at radius 3 is 2.60 bits per heavy atom. The van der Waals surface area contributed by atoms with Crippen LogP contribution >= 0.6 is 11.6 Å². The van der Waals surface area contributed by atoms with Gasteiger partial charge in [-0.15, -0.1) is 0 Å². The quantitative estimate of drug-likeness (QED) is 0.826. The van der Waals surface area contributed by atoms with Crippen LogP contribution in [0.3, 0.4) is 0 Å². The average molecular weight is 291 g/mol. The first kappa shape index (κ1) is 13.8. The molecule has 0 aromatic heterocycles. The SMILES string of the molecule is CC(Nc1ccc(N(C)C)c(Cl)c1)C1CC2C=CC1C2. The van der Waals surface area contributed by atoms with Crippen molar-refractivity contribution in [3.8, 4) is 0 Å². The first-order valence-electron chi connectivity index (χ1n) is 7.46. The molecule has 1 aromatic rings. The van der Waals surface area contributed by atoms with Crippen LogP contribution in [0.4, 0.5) is 11.4 Å². The topological polar surface area (TPSA) is 15.3 Å². The lowest BCUT2D eigenvalue weighted by Gasteiger charge is -2.27. The van der Waals surface area contributed by atoms with Crippen LogP contribution in [0.5, 0.6) is 0 Å². The van der Waals surface area contributed by atoms with Crippen molar-refractivity contribution in [3.05, 3.63) is 35.4 Å². The summed E-state index contributed by atoms with van der Waals surface area (Å²) in [6, 6.07) is 6.74. The Morgan fingerprint density at radius 2 is 2.05 bits per heavy atom. The molecule has 3 heteroatoms. The number of hydrogen-bond donors (Lipinski definition) is 1. The zero-order chi connectivity index (χ0) is 14.3. The van der Waals surface area contributed by atoms with Crippen LogP contribution in [0.25, 0.3) is 0 Å². The average Bonchev–Trinajstić information content (AvgIpc) is 3.00. The van der Waals surface area contributed by atoms with Gasteiger partial charge in [-0.3, -0.25) is 0 Å². The molecule has 1 fully saturated rings. The molecule has 0 aliphatic heterocycles. The molecular formula is C17H23ClN2. The third-order valence-electron chi connectivity index (χ3n) is 4.80. The summed E-state index contributed by atoms with van der Waals surface area (Å²) in [4.78, 5) is 2.04. The Balaban J connectivity index is 1.68. The third-order valence-corrected chi connectivity index (χ3v) is 5.10. The van der Waals surface area contributed by atoms with E-state index in [1.807, 2.05) is 25.1 Å². The van der Waals surface area contributed by atoms with Gasteiger partial charge in [-0.2, -0.15) is 0 Å². The molecule has 2 bridgehead atoms. The lowest BCUT2D eigenvalue weighted by Crippen LogP contribution is -2.28. The van der Waals surface area contributed by atoms with Crippen molar-refractivity contribution in [3.63, 3.8) is 0 Å².